The van der Waals surface area contributed by atoms with Crippen molar-refractivity contribution in [2.24, 2.45) is 0 Å². The summed E-state index contributed by atoms with van der Waals surface area (Å²) in [6.07, 6.45) is -3.88. The first-order chi connectivity index (χ1) is 58.3. The van der Waals surface area contributed by atoms with Gasteiger partial charge in [0.25, 0.3) is 27.8 Å². The van der Waals surface area contributed by atoms with Gasteiger partial charge in [-0.15, -0.1) is 58.0 Å². The normalized spacial score (nSPS) is 39.1. The highest BCUT2D eigenvalue weighted by Gasteiger charge is 2.66. The molecule has 2 unspecified atom stereocenters. The Morgan fingerprint density at radius 1 is 0.312 bits per heavy atom. The number of nitrogens with one attached hydrogen (secondary N) is 5. The predicted octanol–water partition coefficient (Wildman–Crippen LogP) is 8.85. The average molecular weight is 1970 g/mol. The lowest BCUT2D eigenvalue weighted by Gasteiger charge is -2.35. The van der Waals surface area contributed by atoms with E-state index in [0.717, 1.165) is 22.8 Å². The summed E-state index contributed by atoms with van der Waals surface area (Å²) in [5.74, 6) is 0. The van der Waals surface area contributed by atoms with Crippen molar-refractivity contribution in [2.75, 3.05) is 33.0 Å². The molecule has 0 saturated carbocycles. The maximum Gasteiger partial charge on any atom is 0.475 e. The van der Waals surface area contributed by atoms with Crippen molar-refractivity contribution in [1.29, 1.82) is 0 Å². The van der Waals surface area contributed by atoms with Crippen LogP contribution in [-0.4, -0.2) is 197 Å². The van der Waals surface area contributed by atoms with Crippen LogP contribution in [0.1, 0.15) is 167 Å². The number of rotatable bonds is 20. The number of phosphoric ester groups is 5. The molecule has 0 spiro atoms. The molecule has 30 atom stereocenters. The van der Waals surface area contributed by atoms with Gasteiger partial charge in [0.1, 0.15) is 85.4 Å². The van der Waals surface area contributed by atoms with Crippen molar-refractivity contribution in [3.05, 3.63) is 166 Å². The quantitative estimate of drug-likeness (QED) is 0.0358. The largest absolute Gasteiger partial charge is 0.475 e. The molecule has 0 bridgehead atoms. The van der Waals surface area contributed by atoms with E-state index in [4.69, 9.17) is 150 Å². The minimum Gasteiger partial charge on any atom is -0.347 e. The van der Waals surface area contributed by atoms with Crippen LogP contribution in [0.5, 0.6) is 0 Å². The van der Waals surface area contributed by atoms with E-state index in [0.29, 0.717) is 32.1 Å². The molecule has 10 saturated heterocycles. The van der Waals surface area contributed by atoms with E-state index in [9.17, 15) is 70.8 Å². The lowest BCUT2D eigenvalue weighted by Crippen LogP contribution is -2.45. The van der Waals surface area contributed by atoms with Crippen molar-refractivity contribution in [1.82, 2.24) is 47.8 Å². The van der Waals surface area contributed by atoms with Gasteiger partial charge in [-0.05, 0) is 101 Å². The molecule has 55 heteroatoms. The summed E-state index contributed by atoms with van der Waals surface area (Å²) in [5, 5.41) is 0. The molecule has 10 aliphatic rings. The summed E-state index contributed by atoms with van der Waals surface area (Å²) >= 11 is 33.1. The first kappa shape index (κ1) is 101. The van der Waals surface area contributed by atoms with Gasteiger partial charge in [-0.25, -0.2) is 46.8 Å². The molecule has 5 aromatic heterocycles. The molecule has 45 nitrogen and oxygen atoms in total. The Morgan fingerprint density at radius 2 is 0.456 bits per heavy atom. The number of H-pyrrole nitrogens is 5. The van der Waals surface area contributed by atoms with Crippen LogP contribution in [0.25, 0.3) is 0 Å². The number of hydrogen-bond donors (Lipinski definition) is 5. The molecular formula is C70H100Cl5N10O35P5. The summed E-state index contributed by atoms with van der Waals surface area (Å²) in [4.78, 5) is 121. The fourth-order valence-corrected chi connectivity index (χ4v) is 24.7. The topological polar surface area (TPSA) is 544 Å². The van der Waals surface area contributed by atoms with E-state index in [2.05, 4.69) is 24.9 Å². The Labute approximate surface area is 736 Å². The van der Waals surface area contributed by atoms with Crippen LogP contribution in [-0.2, 0) is 114 Å². The molecule has 125 heavy (non-hydrogen) atoms. The maximum absolute atomic E-state index is 12.7. The van der Waals surface area contributed by atoms with Crippen LogP contribution in [0, 0.1) is 0 Å². The Morgan fingerprint density at radius 3 is 0.584 bits per heavy atom. The fraction of sp³-hybridized carbons (Fsp3) is 0.714. The zero-order valence-electron chi connectivity index (χ0n) is 70.0. The summed E-state index contributed by atoms with van der Waals surface area (Å²) < 4.78 is 179. The van der Waals surface area contributed by atoms with E-state index in [1.807, 2.05) is 34.6 Å². The van der Waals surface area contributed by atoms with Gasteiger partial charge in [-0.1, -0.05) is 34.6 Å². The van der Waals surface area contributed by atoms with Crippen molar-refractivity contribution >= 4 is 97.1 Å². The van der Waals surface area contributed by atoms with Crippen molar-refractivity contribution < 1.29 is 114 Å². The van der Waals surface area contributed by atoms with Crippen molar-refractivity contribution in [3.63, 3.8) is 0 Å². The highest BCUT2D eigenvalue weighted by atomic mass is 35.5. The Bertz CT molecular complexity index is 4810. The van der Waals surface area contributed by atoms with Crippen LogP contribution < -0.4 is 56.2 Å². The number of hydrogen-bond acceptors (Lipinski definition) is 35. The fourth-order valence-electron chi connectivity index (χ4n) is 14.0. The number of halogens is 5. The third kappa shape index (κ3) is 22.4. The summed E-state index contributed by atoms with van der Waals surface area (Å²) in [7, 11) is -18.9. The Hall–Kier alpha value is -4.80. The second-order valence-electron chi connectivity index (χ2n) is 31.4. The van der Waals surface area contributed by atoms with Gasteiger partial charge < -0.3 is 23.7 Å². The van der Waals surface area contributed by atoms with Crippen LogP contribution in [0.3, 0.4) is 0 Å². The van der Waals surface area contributed by atoms with E-state index in [-0.39, 0.29) is 63.6 Å². The number of phosphoric acid groups is 5. The number of alkyl halides is 5. The monoisotopic (exact) mass is 1970 g/mol. The molecule has 5 N–H and O–H groups in total. The highest BCUT2D eigenvalue weighted by molar-refractivity contribution is 7.49. The molecule has 15 heterocycles. The lowest BCUT2D eigenvalue weighted by molar-refractivity contribution is -0.0757. The van der Waals surface area contributed by atoms with E-state index < -0.39 is 212 Å². The number of aromatic nitrogens is 10. The number of fused-ring (bicyclic) bond motifs is 5. The van der Waals surface area contributed by atoms with Gasteiger partial charge in [0, 0.05) is 61.3 Å². The number of aromatic amines is 5. The Kier molecular flexibility index (Phi) is 31.9. The van der Waals surface area contributed by atoms with Gasteiger partial charge in [0.2, 0.25) is 0 Å². The molecule has 15 rings (SSSR count). The minimum atomic E-state index is -3.78. The zero-order chi connectivity index (χ0) is 92.0. The smallest absolute Gasteiger partial charge is 0.347 e. The lowest BCUT2D eigenvalue weighted by atomic mass is 10.0. The van der Waals surface area contributed by atoms with Crippen LogP contribution in [0.15, 0.2) is 109 Å². The first-order valence-corrected chi connectivity index (χ1v) is 48.9. The van der Waals surface area contributed by atoms with Crippen molar-refractivity contribution in [2.45, 2.75) is 283 Å². The SMILES string of the molecule is CCC(C)O[P@@]1(=O)OC[C@H]2O[C@@H](n3ccc(=O)[nH]c3=O)[C@](C)(Cl)[C@@H]2O1.CCC(C)O[P@]1(=O)OC[C@H]2O[C@@H](n3ccc(=O)[nH]c3=O)[C@](C)(Cl)[C@@H]2O1.CC[C@@H](C)O[P@@]1(=O)OC[C@H]2O[C@@H](n3ccc(=O)[nH]c3=O)[C@](C)(Cl)[C@@H]2O1.CC[C@@H](C)O[P@]1(=O)OC[C@H]2O[C@@H](n3ccc(=O)[nH]c3=O)[C@](C)(Cl)[C@@H]2O1.CC[C@H](C)O[P@@]1(=O)OC[C@H]2O[C@@H](n3ccc(=O)[nH]c3=O)[C@](C)(Cl)[C@@H]2O1. The number of ether oxygens (including phenoxy) is 5. The maximum atomic E-state index is 12.7. The molecule has 0 amide bonds. The van der Waals surface area contributed by atoms with Gasteiger partial charge in [-0.3, -0.25) is 140 Å². The van der Waals surface area contributed by atoms with Crippen molar-refractivity contribution in [3.8, 4) is 0 Å². The minimum absolute atomic E-state index is 0.0463. The van der Waals surface area contributed by atoms with Crippen LogP contribution >= 0.6 is 97.1 Å². The molecule has 10 aliphatic heterocycles. The molecule has 10 fully saturated rings. The zero-order valence-corrected chi connectivity index (χ0v) is 78.3. The second kappa shape index (κ2) is 39.6. The van der Waals surface area contributed by atoms with Gasteiger partial charge in [0.15, 0.2) is 31.1 Å². The van der Waals surface area contributed by atoms with E-state index in [1.165, 1.54) is 61.3 Å². The third-order valence-corrected chi connectivity index (χ3v) is 31.4. The highest BCUT2D eigenvalue weighted by Crippen LogP contribution is 2.66. The molecule has 5 aromatic rings. The van der Waals surface area contributed by atoms with Gasteiger partial charge in [-0.2, -0.15) is 0 Å². The predicted molar refractivity (Wildman–Crippen MR) is 444 cm³/mol. The summed E-state index contributed by atoms with van der Waals surface area (Å²) in [5.41, 5.74) is -5.96. The molecule has 0 aromatic carbocycles. The average Bonchev–Trinajstić information content (AvgIpc) is 1.56. The molecule has 700 valence electrons. The third-order valence-electron chi connectivity index (χ3n) is 21.5. The second-order valence-corrected chi connectivity index (χ2v) is 43.4. The summed E-state index contributed by atoms with van der Waals surface area (Å²) in [6, 6.07) is 5.94. The van der Waals surface area contributed by atoms with Gasteiger partial charge in [0.05, 0.1) is 63.6 Å². The Balaban J connectivity index is 0.000000152. The van der Waals surface area contributed by atoms with E-state index >= 15 is 0 Å². The first-order valence-electron chi connectivity index (χ1n) is 39.7. The van der Waals surface area contributed by atoms with Crippen LogP contribution in [0.4, 0.5) is 0 Å². The standard InChI is InChI=1S/5C14H20ClN2O7P/c5*1-4-8(2)23-25(20)21-7-9-11(24-25)14(3,15)12(22-9)17-6-5-10(18)16-13(17)19/h5*5-6,8-9,11-12H,4,7H2,1-3H3,(H,16,18,19)/t8?,9-,11-,12-,14-,25+;8?,9-,11-,12-,14-,25-;8-,9+,11+,12+,14+,25+;8-,9-,11-,12-,14-,25+;8-,9-,11-,12-,14-,25-/m11011/s1. The number of nitrogens with zero attached hydrogens (tertiary/aromatic N) is 5. The van der Waals surface area contributed by atoms with Crippen LogP contribution in [0.2, 0.25) is 0 Å². The molecular weight excluding hydrogens is 1870 g/mol. The van der Waals surface area contributed by atoms with E-state index in [1.54, 1.807) is 69.2 Å². The molecule has 0 radical (unpaired) electrons. The summed E-state index contributed by atoms with van der Waals surface area (Å²) in [6.45, 7) is 26.0. The van der Waals surface area contributed by atoms with Gasteiger partial charge >= 0.3 is 67.6 Å². The molecule has 0 aliphatic carbocycles.